The molecule has 1 fully saturated rings. The molecule has 10 nitrogen and oxygen atoms in total. The average molecular weight is 685 g/mol. The highest BCUT2D eigenvalue weighted by atomic mass is 19.4. The van der Waals surface area contributed by atoms with Crippen molar-refractivity contribution in [3.63, 3.8) is 0 Å². The Labute approximate surface area is 265 Å². The van der Waals surface area contributed by atoms with E-state index in [0.29, 0.717) is 39.4 Å². The Hall–Kier alpha value is -4.24. The summed E-state index contributed by atoms with van der Waals surface area (Å²) in [5.74, 6) is -5.93. The van der Waals surface area contributed by atoms with Crippen molar-refractivity contribution in [2.24, 2.45) is 7.05 Å². The molecule has 47 heavy (non-hydrogen) atoms. The molecule has 1 aliphatic carbocycles. The number of nitrogens with one attached hydrogen (secondary N) is 1. The fraction of sp³-hybridized carbons (Fsp3) is 0.517. The molecular formula is C29H36F8N6O4. The number of alkyl halides is 7. The lowest BCUT2D eigenvalue weighted by Gasteiger charge is -2.26. The number of halogens is 8. The number of nitrogens with zero attached hydrogens (tertiary/aromatic N) is 5. The van der Waals surface area contributed by atoms with Gasteiger partial charge >= 0.3 is 6.18 Å². The molecule has 1 amide bonds. The molecule has 0 bridgehead atoms. The predicted molar refractivity (Wildman–Crippen MR) is 154 cm³/mol. The van der Waals surface area contributed by atoms with Gasteiger partial charge in [0.1, 0.15) is 5.54 Å². The number of hydrogen-bond acceptors (Lipinski definition) is 7. The third kappa shape index (κ3) is 9.19. The van der Waals surface area contributed by atoms with E-state index in [0.717, 1.165) is 28.4 Å². The van der Waals surface area contributed by atoms with Gasteiger partial charge < -0.3 is 10.1 Å². The minimum Gasteiger partial charge on any atom is -0.455 e. The molecule has 1 aromatic carbocycles. The summed E-state index contributed by atoms with van der Waals surface area (Å²) < 4.78 is 105. The second kappa shape index (κ2) is 15.6. The van der Waals surface area contributed by atoms with Gasteiger partial charge in [-0.25, -0.2) is 31.8 Å². The van der Waals surface area contributed by atoms with Crippen LogP contribution in [0.1, 0.15) is 76.0 Å². The Balaban J connectivity index is 0.00000147. The largest absolute Gasteiger partial charge is 0.455 e. The highest BCUT2D eigenvalue weighted by Gasteiger charge is 2.53. The van der Waals surface area contributed by atoms with Crippen LogP contribution >= 0.6 is 0 Å². The summed E-state index contributed by atoms with van der Waals surface area (Å²) in [5, 5.41) is 26.8. The van der Waals surface area contributed by atoms with Crippen molar-refractivity contribution in [1.82, 2.24) is 24.9 Å². The van der Waals surface area contributed by atoms with Gasteiger partial charge in [-0.3, -0.25) is 14.8 Å². The Morgan fingerprint density at radius 2 is 1.74 bits per heavy atom. The molecule has 2 unspecified atom stereocenters. The summed E-state index contributed by atoms with van der Waals surface area (Å²) in [6, 6.07) is 4.64. The van der Waals surface area contributed by atoms with Crippen molar-refractivity contribution < 1.29 is 55.1 Å². The van der Waals surface area contributed by atoms with Gasteiger partial charge in [-0.1, -0.05) is 19.9 Å². The lowest BCUT2D eigenvalue weighted by Crippen LogP contribution is -2.37. The molecule has 2 N–H and O–H groups in total. The molecular weight excluding hydrogens is 648 g/mol. The smallest absolute Gasteiger partial charge is 0.417 e. The number of aromatic nitrogens is 4. The van der Waals surface area contributed by atoms with E-state index < -0.39 is 58.1 Å². The topological polar surface area (TPSA) is 127 Å². The first kappa shape index (κ1) is 40.8. The molecule has 1 saturated carbocycles. The van der Waals surface area contributed by atoms with Crippen LogP contribution in [-0.2, 0) is 23.8 Å². The Kier molecular flexibility index (Phi) is 13.5. The molecule has 262 valence electrons. The summed E-state index contributed by atoms with van der Waals surface area (Å²) in [6.07, 6.45) is -3.91. The van der Waals surface area contributed by atoms with E-state index in [1.165, 1.54) is 19.4 Å². The summed E-state index contributed by atoms with van der Waals surface area (Å²) >= 11 is 0. The van der Waals surface area contributed by atoms with E-state index in [2.05, 4.69) is 20.4 Å². The summed E-state index contributed by atoms with van der Waals surface area (Å²) in [5.41, 5.74) is -7.17. The lowest BCUT2D eigenvalue weighted by atomic mass is 9.97. The van der Waals surface area contributed by atoms with E-state index in [-0.39, 0.29) is 21.6 Å². The van der Waals surface area contributed by atoms with Crippen LogP contribution < -0.4 is 10.1 Å². The number of nitriles is 1. The minimum atomic E-state index is -4.88. The molecule has 2 heterocycles. The number of rotatable bonds is 9. The number of carbonyl (C=O) groups excluding carboxylic acids is 1. The van der Waals surface area contributed by atoms with E-state index in [9.17, 15) is 36.4 Å². The molecule has 3 aromatic rings. The van der Waals surface area contributed by atoms with Crippen molar-refractivity contribution in [3.05, 3.63) is 47.4 Å². The van der Waals surface area contributed by atoms with E-state index >= 15 is 4.39 Å². The van der Waals surface area contributed by atoms with Crippen LogP contribution in [0.15, 0.2) is 30.6 Å². The minimum absolute atomic E-state index is 0. The Bertz CT molecular complexity index is 1530. The molecule has 18 heteroatoms. The summed E-state index contributed by atoms with van der Waals surface area (Å²) in [7, 11) is 1.25. The van der Waals surface area contributed by atoms with E-state index in [4.69, 9.17) is 9.99 Å². The van der Waals surface area contributed by atoms with Gasteiger partial charge in [0, 0.05) is 32.7 Å². The van der Waals surface area contributed by atoms with Crippen LogP contribution in [0, 0.1) is 11.3 Å². The first-order chi connectivity index (χ1) is 21.3. The number of aryl methyl sites for hydroxylation is 1. The summed E-state index contributed by atoms with van der Waals surface area (Å²) in [6.45, 7) is 7.92. The molecule has 2 atom stereocenters. The number of amides is 1. The third-order valence-corrected chi connectivity index (χ3v) is 6.67. The lowest BCUT2D eigenvalue weighted by molar-refractivity contribution is -0.237. The Morgan fingerprint density at radius 3 is 2.19 bits per heavy atom. The number of benzene rings is 1. The van der Waals surface area contributed by atoms with Crippen molar-refractivity contribution >= 4 is 5.91 Å². The average Bonchev–Trinajstić information content (AvgIpc) is 3.44. The predicted octanol–water partition coefficient (Wildman–Crippen LogP) is 7.29. The van der Waals surface area contributed by atoms with Gasteiger partial charge in [0.05, 0.1) is 30.0 Å². The normalized spacial score (nSPS) is 15.3. The van der Waals surface area contributed by atoms with Crippen molar-refractivity contribution in [2.45, 2.75) is 84.0 Å². The van der Waals surface area contributed by atoms with Crippen LogP contribution in [0.5, 0.6) is 5.75 Å². The van der Waals surface area contributed by atoms with Gasteiger partial charge in [-0.05, 0) is 44.4 Å². The Morgan fingerprint density at radius 1 is 1.17 bits per heavy atom. The molecule has 1 aliphatic rings. The zero-order chi connectivity index (χ0) is 35.3. The second-order valence-corrected chi connectivity index (χ2v) is 10.2. The highest BCUT2D eigenvalue weighted by Crippen LogP contribution is 2.46. The van der Waals surface area contributed by atoms with E-state index in [1.54, 1.807) is 6.92 Å². The van der Waals surface area contributed by atoms with Crippen LogP contribution in [0.4, 0.5) is 35.4 Å². The monoisotopic (exact) mass is 684 g/mol. The first-order valence-corrected chi connectivity index (χ1v) is 14.0. The molecule has 0 saturated heterocycles. The van der Waals surface area contributed by atoms with Crippen LogP contribution in [0.3, 0.4) is 0 Å². The zero-order valence-electron chi connectivity index (χ0n) is 26.5. The second-order valence-electron chi connectivity index (χ2n) is 10.2. The number of ether oxygens (including phenoxy) is 1. The molecule has 0 spiro atoms. The fourth-order valence-electron chi connectivity index (χ4n) is 3.95. The van der Waals surface area contributed by atoms with Crippen LogP contribution in [0.2, 0.25) is 0 Å². The quantitative estimate of drug-likeness (QED) is 0.138. The molecule has 4 rings (SSSR count). The van der Waals surface area contributed by atoms with Gasteiger partial charge in [0.15, 0.2) is 17.3 Å². The maximum atomic E-state index is 15.2. The summed E-state index contributed by atoms with van der Waals surface area (Å²) in [4.78, 5) is 16.3. The maximum absolute atomic E-state index is 15.2. The number of hydrogen-bond donors (Lipinski definition) is 2. The third-order valence-electron chi connectivity index (χ3n) is 6.67. The van der Waals surface area contributed by atoms with Crippen molar-refractivity contribution in [2.75, 3.05) is 6.61 Å². The van der Waals surface area contributed by atoms with Crippen molar-refractivity contribution in [1.29, 1.82) is 5.26 Å². The van der Waals surface area contributed by atoms with Gasteiger partial charge in [-0.2, -0.15) is 28.6 Å². The SMILES string of the molecule is CC.CC(F)Oc1c(C(C)(F)C(C)(F)F)nn(C)c1-n1cc(-c2ccc(C(F)(F)F)c(C(=O)NC3(C#N)CC3)c2)cn1.CCOO.F. The first-order valence-electron chi connectivity index (χ1n) is 14.0. The molecule has 0 aliphatic heterocycles. The van der Waals surface area contributed by atoms with Crippen LogP contribution in [-0.4, -0.2) is 55.2 Å². The van der Waals surface area contributed by atoms with Gasteiger partial charge in [0.25, 0.3) is 11.8 Å². The standard InChI is InChI=1S/C25H23F7N6O2.C2H6O2.C2H6.FH/c1-13(26)40-18-19(22(2,27)23(3,28)29)36-37(4)21(18)38-11-15(10-34-38)14-5-6-17(25(30,31)32)16(9-14)20(39)35-24(12-33)7-8-24;1-2-4-3;1-2;/h5-6,9-11,13H,7-8H2,1-4H3,(H,35,39);3H,2H2,1H3;1-2H3;1H. The maximum Gasteiger partial charge on any atom is 0.417 e. The van der Waals surface area contributed by atoms with Gasteiger partial charge in [-0.15, -0.1) is 0 Å². The molecule has 0 radical (unpaired) electrons. The highest BCUT2D eigenvalue weighted by molar-refractivity contribution is 5.98. The number of carbonyl (C=O) groups is 1. The van der Waals surface area contributed by atoms with E-state index in [1.807, 2.05) is 19.9 Å². The van der Waals surface area contributed by atoms with Crippen molar-refractivity contribution in [3.8, 4) is 28.8 Å². The van der Waals surface area contributed by atoms with Gasteiger partial charge in [0.2, 0.25) is 12.0 Å². The van der Waals surface area contributed by atoms with Crippen LogP contribution in [0.25, 0.3) is 16.9 Å². The zero-order valence-corrected chi connectivity index (χ0v) is 26.5. The molecule has 2 aromatic heterocycles. The fourth-order valence-corrected chi connectivity index (χ4v) is 3.95.